The summed E-state index contributed by atoms with van der Waals surface area (Å²) in [5.41, 5.74) is 1.51. The molecule has 2 aromatic rings. The quantitative estimate of drug-likeness (QED) is 0.269. The molecule has 0 radical (unpaired) electrons. The van der Waals surface area contributed by atoms with Crippen molar-refractivity contribution < 1.29 is 9.53 Å². The van der Waals surface area contributed by atoms with E-state index in [1.807, 2.05) is 66.7 Å². The second-order valence-electron chi connectivity index (χ2n) is 4.71. The molecule has 5 nitrogen and oxygen atoms in total. The Hall–Kier alpha value is -3.39. The summed E-state index contributed by atoms with van der Waals surface area (Å²) in [5, 5.41) is 15.0. The molecule has 0 saturated heterocycles. The number of hydrogen-bond acceptors (Lipinski definition) is 5. The molecule has 0 aliphatic carbocycles. The summed E-state index contributed by atoms with van der Waals surface area (Å²) in [4.78, 5) is 11.8. The highest BCUT2D eigenvalue weighted by molar-refractivity contribution is 5.93. The number of rotatable bonds is 6. The Labute approximate surface area is 141 Å². The summed E-state index contributed by atoms with van der Waals surface area (Å²) < 4.78 is 4.89. The highest BCUT2D eigenvalue weighted by Gasteiger charge is 2.12. The van der Waals surface area contributed by atoms with E-state index in [1.54, 1.807) is 13.1 Å². The van der Waals surface area contributed by atoms with Gasteiger partial charge in [-0.25, -0.2) is 9.80 Å². The maximum Gasteiger partial charge on any atom is 0.350 e. The summed E-state index contributed by atoms with van der Waals surface area (Å²) in [5.74, 6) is -0.671. The van der Waals surface area contributed by atoms with Gasteiger partial charge in [0.25, 0.3) is 0 Å². The van der Waals surface area contributed by atoms with Gasteiger partial charge in [-0.15, -0.1) is 0 Å². The summed E-state index contributed by atoms with van der Waals surface area (Å²) >= 11 is 0. The van der Waals surface area contributed by atoms with E-state index in [2.05, 4.69) is 5.10 Å². The van der Waals surface area contributed by atoms with Gasteiger partial charge in [-0.2, -0.15) is 10.4 Å². The zero-order valence-corrected chi connectivity index (χ0v) is 13.3. The number of hydrazone groups is 1. The standard InChI is InChI=1S/C19H17N3O2/c1-2-24-19(23)17(13-20)15-22(18-11-7-4-8-12-18)21-14-16-9-5-3-6-10-16/h3-12,14-15H,2H2,1H3/b17-15-,21-14?. The molecule has 0 amide bonds. The van der Waals surface area contributed by atoms with Crippen molar-refractivity contribution in [2.75, 3.05) is 11.6 Å². The summed E-state index contributed by atoms with van der Waals surface area (Å²) in [7, 11) is 0. The molecule has 120 valence electrons. The van der Waals surface area contributed by atoms with Crippen LogP contribution in [0, 0.1) is 11.3 Å². The van der Waals surface area contributed by atoms with Gasteiger partial charge in [0.15, 0.2) is 5.57 Å². The first-order valence-electron chi connectivity index (χ1n) is 7.47. The van der Waals surface area contributed by atoms with Gasteiger partial charge < -0.3 is 4.74 Å². The van der Waals surface area contributed by atoms with Crippen molar-refractivity contribution in [1.29, 1.82) is 5.26 Å². The summed E-state index contributed by atoms with van der Waals surface area (Å²) in [6.45, 7) is 1.89. The lowest BCUT2D eigenvalue weighted by Gasteiger charge is -2.14. The largest absolute Gasteiger partial charge is 0.462 e. The number of para-hydroxylation sites is 1. The Morgan fingerprint density at radius 2 is 1.79 bits per heavy atom. The SMILES string of the molecule is CCOC(=O)/C(C#N)=C\N(N=Cc1ccccc1)c1ccccc1. The summed E-state index contributed by atoms with van der Waals surface area (Å²) in [6, 6.07) is 20.7. The molecule has 0 aromatic heterocycles. The molecule has 0 saturated carbocycles. The van der Waals surface area contributed by atoms with Crippen LogP contribution in [-0.4, -0.2) is 18.8 Å². The second kappa shape index (κ2) is 8.91. The number of carbonyl (C=O) groups is 1. The Balaban J connectivity index is 2.35. The molecule has 0 spiro atoms. The minimum absolute atomic E-state index is 0.120. The number of anilines is 1. The number of nitrogens with zero attached hydrogens (tertiary/aromatic N) is 3. The van der Waals surface area contributed by atoms with Crippen LogP contribution in [0.15, 0.2) is 77.5 Å². The fraction of sp³-hybridized carbons (Fsp3) is 0.105. The number of carbonyl (C=O) groups excluding carboxylic acids is 1. The average Bonchev–Trinajstić information content (AvgIpc) is 2.63. The van der Waals surface area contributed by atoms with E-state index in [9.17, 15) is 10.1 Å². The number of hydrogen-bond donors (Lipinski definition) is 0. The zero-order chi connectivity index (χ0) is 17.2. The first-order chi connectivity index (χ1) is 11.7. The molecule has 0 unspecified atom stereocenters. The second-order valence-corrected chi connectivity index (χ2v) is 4.71. The Bertz CT molecular complexity index is 762. The van der Waals surface area contributed by atoms with Crippen molar-refractivity contribution in [3.8, 4) is 6.07 Å². The molecule has 5 heteroatoms. The maximum atomic E-state index is 11.8. The van der Waals surface area contributed by atoms with E-state index in [1.165, 1.54) is 11.2 Å². The van der Waals surface area contributed by atoms with Crippen LogP contribution in [-0.2, 0) is 9.53 Å². The third-order valence-electron chi connectivity index (χ3n) is 3.02. The van der Waals surface area contributed by atoms with Gasteiger partial charge in [0, 0.05) is 0 Å². The molecule has 24 heavy (non-hydrogen) atoms. The van der Waals surface area contributed by atoms with Crippen molar-refractivity contribution >= 4 is 17.9 Å². The van der Waals surface area contributed by atoms with Gasteiger partial charge in [0.1, 0.15) is 6.07 Å². The number of nitriles is 1. The average molecular weight is 319 g/mol. The smallest absolute Gasteiger partial charge is 0.350 e. The highest BCUT2D eigenvalue weighted by atomic mass is 16.5. The maximum absolute atomic E-state index is 11.8. The fourth-order valence-corrected chi connectivity index (χ4v) is 1.88. The molecule has 0 N–H and O–H groups in total. The number of esters is 1. The van der Waals surface area contributed by atoms with E-state index in [0.717, 1.165) is 11.3 Å². The molecule has 2 aromatic carbocycles. The van der Waals surface area contributed by atoms with Crippen LogP contribution in [0.5, 0.6) is 0 Å². The van der Waals surface area contributed by atoms with E-state index in [-0.39, 0.29) is 12.2 Å². The fourth-order valence-electron chi connectivity index (χ4n) is 1.88. The normalized spacial score (nSPS) is 11.1. The lowest BCUT2D eigenvalue weighted by molar-refractivity contribution is -0.138. The third kappa shape index (κ3) is 4.82. The van der Waals surface area contributed by atoms with Gasteiger partial charge in [-0.05, 0) is 24.6 Å². The summed E-state index contributed by atoms with van der Waals surface area (Å²) in [6.07, 6.45) is 3.02. The molecule has 0 fully saturated rings. The minimum atomic E-state index is -0.671. The Morgan fingerprint density at radius 3 is 2.38 bits per heavy atom. The molecule has 2 rings (SSSR count). The van der Waals surface area contributed by atoms with Crippen molar-refractivity contribution in [2.24, 2.45) is 5.10 Å². The molecular weight excluding hydrogens is 302 g/mol. The van der Waals surface area contributed by atoms with Gasteiger partial charge in [-0.3, -0.25) is 0 Å². The monoisotopic (exact) mass is 319 g/mol. The van der Waals surface area contributed by atoms with Crippen LogP contribution in [0.25, 0.3) is 0 Å². The molecular formula is C19H17N3O2. The van der Waals surface area contributed by atoms with Crippen LogP contribution < -0.4 is 5.01 Å². The first-order valence-corrected chi connectivity index (χ1v) is 7.47. The van der Waals surface area contributed by atoms with E-state index < -0.39 is 5.97 Å². The molecule has 0 aliphatic rings. The van der Waals surface area contributed by atoms with Crippen molar-refractivity contribution in [1.82, 2.24) is 0 Å². The van der Waals surface area contributed by atoms with Crippen LogP contribution in [0.4, 0.5) is 5.69 Å². The van der Waals surface area contributed by atoms with Crippen molar-refractivity contribution in [2.45, 2.75) is 6.92 Å². The van der Waals surface area contributed by atoms with Gasteiger partial charge in [0.2, 0.25) is 0 Å². The van der Waals surface area contributed by atoms with E-state index in [4.69, 9.17) is 4.74 Å². The van der Waals surface area contributed by atoms with Crippen LogP contribution in [0.1, 0.15) is 12.5 Å². The topological polar surface area (TPSA) is 65.7 Å². The van der Waals surface area contributed by atoms with E-state index >= 15 is 0 Å². The van der Waals surface area contributed by atoms with Gasteiger partial charge in [0.05, 0.1) is 24.7 Å². The molecule has 0 aliphatic heterocycles. The lowest BCUT2D eigenvalue weighted by atomic mass is 10.2. The van der Waals surface area contributed by atoms with E-state index in [0.29, 0.717) is 0 Å². The molecule has 0 atom stereocenters. The Kier molecular flexibility index (Phi) is 6.30. The van der Waals surface area contributed by atoms with Crippen LogP contribution in [0.2, 0.25) is 0 Å². The van der Waals surface area contributed by atoms with Crippen molar-refractivity contribution in [3.05, 3.63) is 78.0 Å². The Morgan fingerprint density at radius 1 is 1.17 bits per heavy atom. The zero-order valence-electron chi connectivity index (χ0n) is 13.3. The van der Waals surface area contributed by atoms with Gasteiger partial charge in [-0.1, -0.05) is 48.5 Å². The van der Waals surface area contributed by atoms with Gasteiger partial charge >= 0.3 is 5.97 Å². The van der Waals surface area contributed by atoms with Crippen molar-refractivity contribution in [3.63, 3.8) is 0 Å². The number of ether oxygens (including phenoxy) is 1. The van der Waals surface area contributed by atoms with Crippen LogP contribution >= 0.6 is 0 Å². The minimum Gasteiger partial charge on any atom is -0.462 e. The molecule has 0 bridgehead atoms. The lowest BCUT2D eigenvalue weighted by Crippen LogP contribution is -2.14. The highest BCUT2D eigenvalue weighted by Crippen LogP contribution is 2.16. The predicted molar refractivity (Wildman–Crippen MR) is 93.3 cm³/mol. The molecule has 0 heterocycles. The third-order valence-corrected chi connectivity index (χ3v) is 3.02. The number of benzene rings is 2. The predicted octanol–water partition coefficient (Wildman–Crippen LogP) is 3.50. The first kappa shape index (κ1) is 17.0. The van der Waals surface area contributed by atoms with Crippen LogP contribution in [0.3, 0.4) is 0 Å².